The van der Waals surface area contributed by atoms with Crippen LogP contribution in [-0.4, -0.2) is 12.6 Å². The van der Waals surface area contributed by atoms with Crippen molar-refractivity contribution in [2.24, 2.45) is 0 Å². The lowest BCUT2D eigenvalue weighted by Crippen LogP contribution is -2.27. The van der Waals surface area contributed by atoms with E-state index in [1.165, 1.54) is 0 Å². The van der Waals surface area contributed by atoms with Gasteiger partial charge in [0.25, 0.3) is 0 Å². The average Bonchev–Trinajstić information content (AvgIpc) is 2.26. The van der Waals surface area contributed by atoms with Crippen LogP contribution in [0.15, 0.2) is 24.3 Å². The Balaban J connectivity index is 2.52. The largest absolute Gasteiger partial charge is 0.412 e. The lowest BCUT2D eigenvalue weighted by Gasteiger charge is -2.06. The summed E-state index contributed by atoms with van der Waals surface area (Å²) in [5.74, 6) is 0.600. The van der Waals surface area contributed by atoms with Crippen molar-refractivity contribution >= 4 is 6.09 Å². The monoisotopic (exact) mass is 207 g/mol. The second-order valence-corrected chi connectivity index (χ2v) is 3.32. The second-order valence-electron chi connectivity index (χ2n) is 3.32. The zero-order chi connectivity index (χ0) is 11.1. The van der Waals surface area contributed by atoms with Crippen LogP contribution in [0.25, 0.3) is 0 Å². The first-order valence-electron chi connectivity index (χ1n) is 5.31. The molecule has 0 aliphatic carbocycles. The van der Waals surface area contributed by atoms with Gasteiger partial charge in [0.05, 0.1) is 0 Å². The van der Waals surface area contributed by atoms with Crippen molar-refractivity contribution in [3.63, 3.8) is 0 Å². The van der Waals surface area contributed by atoms with Crippen molar-refractivity contribution in [1.29, 1.82) is 0 Å². The van der Waals surface area contributed by atoms with Crippen LogP contribution in [0, 0.1) is 0 Å². The quantitative estimate of drug-likeness (QED) is 0.824. The van der Waals surface area contributed by atoms with Gasteiger partial charge < -0.3 is 10.1 Å². The third-order valence-electron chi connectivity index (χ3n) is 2.04. The first-order valence-corrected chi connectivity index (χ1v) is 5.31. The molecule has 0 unspecified atom stereocenters. The molecule has 0 saturated heterocycles. The van der Waals surface area contributed by atoms with E-state index in [0.717, 1.165) is 18.4 Å². The highest BCUT2D eigenvalue weighted by molar-refractivity contribution is 5.70. The van der Waals surface area contributed by atoms with E-state index in [4.69, 9.17) is 4.74 Å². The fraction of sp³-hybridized carbons (Fsp3) is 0.417. The van der Waals surface area contributed by atoms with Crippen LogP contribution in [-0.2, 0) is 6.42 Å². The molecule has 0 radical (unpaired) electrons. The molecular weight excluding hydrogens is 190 g/mol. The zero-order valence-electron chi connectivity index (χ0n) is 9.25. The molecule has 0 heterocycles. The molecule has 0 aromatic heterocycles. The van der Waals surface area contributed by atoms with Crippen LogP contribution in [0.3, 0.4) is 0 Å². The number of carbonyl (C=O) groups excluding carboxylic acids is 1. The summed E-state index contributed by atoms with van der Waals surface area (Å²) in [5, 5.41) is 2.66. The minimum Gasteiger partial charge on any atom is -0.410 e. The van der Waals surface area contributed by atoms with E-state index in [1.54, 1.807) is 6.07 Å². The van der Waals surface area contributed by atoms with E-state index in [9.17, 15) is 4.79 Å². The van der Waals surface area contributed by atoms with Crippen LogP contribution in [0.1, 0.15) is 25.8 Å². The minimum atomic E-state index is -0.384. The van der Waals surface area contributed by atoms with Crippen LogP contribution in [0.2, 0.25) is 0 Å². The Hall–Kier alpha value is -1.51. The van der Waals surface area contributed by atoms with Crippen LogP contribution < -0.4 is 10.1 Å². The Morgan fingerprint density at radius 1 is 1.40 bits per heavy atom. The van der Waals surface area contributed by atoms with Gasteiger partial charge in [0.1, 0.15) is 5.75 Å². The maximum atomic E-state index is 11.2. The number of benzene rings is 1. The standard InChI is InChI=1S/C12H17NO2/c1-3-8-13-12(14)15-11-7-5-6-10(4-2)9-11/h5-7,9H,3-4,8H2,1-2H3,(H,13,14). The molecule has 1 rings (SSSR count). The molecule has 0 saturated carbocycles. The second kappa shape index (κ2) is 6.06. The number of nitrogens with one attached hydrogen (secondary N) is 1. The summed E-state index contributed by atoms with van der Waals surface area (Å²) >= 11 is 0. The number of rotatable bonds is 4. The molecule has 3 nitrogen and oxygen atoms in total. The molecule has 1 aromatic rings. The number of ether oxygens (including phenoxy) is 1. The van der Waals surface area contributed by atoms with Gasteiger partial charge in [-0.3, -0.25) is 0 Å². The van der Waals surface area contributed by atoms with Crippen LogP contribution in [0.5, 0.6) is 5.75 Å². The predicted octanol–water partition coefficient (Wildman–Crippen LogP) is 2.75. The van der Waals surface area contributed by atoms with Crippen molar-refractivity contribution in [2.45, 2.75) is 26.7 Å². The Labute approximate surface area is 90.4 Å². The number of hydrogen-bond acceptors (Lipinski definition) is 2. The molecule has 0 aliphatic heterocycles. The summed E-state index contributed by atoms with van der Waals surface area (Å²) in [6, 6.07) is 7.56. The number of carbonyl (C=O) groups is 1. The SMILES string of the molecule is CCCNC(=O)Oc1cccc(CC)c1. The Kier molecular flexibility index (Phi) is 4.68. The molecule has 3 heteroatoms. The van der Waals surface area contributed by atoms with E-state index in [0.29, 0.717) is 12.3 Å². The van der Waals surface area contributed by atoms with E-state index in [2.05, 4.69) is 12.2 Å². The molecule has 82 valence electrons. The average molecular weight is 207 g/mol. The third kappa shape index (κ3) is 4.02. The highest BCUT2D eigenvalue weighted by Gasteiger charge is 2.02. The summed E-state index contributed by atoms with van der Waals surface area (Å²) in [7, 11) is 0. The lowest BCUT2D eigenvalue weighted by atomic mass is 10.2. The minimum absolute atomic E-state index is 0.384. The van der Waals surface area contributed by atoms with Gasteiger partial charge in [-0.2, -0.15) is 0 Å². The first kappa shape index (κ1) is 11.6. The predicted molar refractivity (Wildman–Crippen MR) is 60.1 cm³/mol. The van der Waals surface area contributed by atoms with E-state index < -0.39 is 0 Å². The highest BCUT2D eigenvalue weighted by Crippen LogP contribution is 2.13. The topological polar surface area (TPSA) is 38.3 Å². The summed E-state index contributed by atoms with van der Waals surface area (Å²) in [4.78, 5) is 11.2. The molecule has 15 heavy (non-hydrogen) atoms. The fourth-order valence-electron chi connectivity index (χ4n) is 1.20. The number of hydrogen-bond donors (Lipinski definition) is 1. The molecule has 1 N–H and O–H groups in total. The highest BCUT2D eigenvalue weighted by atomic mass is 16.5. The Morgan fingerprint density at radius 2 is 2.20 bits per heavy atom. The van der Waals surface area contributed by atoms with Gasteiger partial charge in [0.2, 0.25) is 0 Å². The van der Waals surface area contributed by atoms with Crippen molar-refractivity contribution in [3.8, 4) is 5.75 Å². The van der Waals surface area contributed by atoms with Crippen LogP contribution in [0.4, 0.5) is 4.79 Å². The summed E-state index contributed by atoms with van der Waals surface area (Å²) in [5.41, 5.74) is 1.16. The van der Waals surface area contributed by atoms with Gasteiger partial charge in [-0.05, 0) is 30.5 Å². The van der Waals surface area contributed by atoms with Crippen molar-refractivity contribution < 1.29 is 9.53 Å². The molecule has 0 bridgehead atoms. The van der Waals surface area contributed by atoms with Gasteiger partial charge in [-0.15, -0.1) is 0 Å². The molecular formula is C12H17NO2. The maximum Gasteiger partial charge on any atom is 0.412 e. The molecule has 0 fully saturated rings. The van der Waals surface area contributed by atoms with Gasteiger partial charge in [0.15, 0.2) is 0 Å². The van der Waals surface area contributed by atoms with Crippen LogP contribution >= 0.6 is 0 Å². The number of aryl methyl sites for hydroxylation is 1. The third-order valence-corrected chi connectivity index (χ3v) is 2.04. The van der Waals surface area contributed by atoms with Gasteiger partial charge in [-0.1, -0.05) is 26.0 Å². The summed E-state index contributed by atoms with van der Waals surface area (Å²) in [6.07, 6.45) is 1.46. The molecule has 0 spiro atoms. The summed E-state index contributed by atoms with van der Waals surface area (Å²) in [6.45, 7) is 4.71. The Bertz CT molecular complexity index is 323. The van der Waals surface area contributed by atoms with Crippen molar-refractivity contribution in [1.82, 2.24) is 5.32 Å². The smallest absolute Gasteiger partial charge is 0.410 e. The van der Waals surface area contributed by atoms with E-state index >= 15 is 0 Å². The lowest BCUT2D eigenvalue weighted by molar-refractivity contribution is 0.200. The fourth-order valence-corrected chi connectivity index (χ4v) is 1.20. The van der Waals surface area contributed by atoms with E-state index in [-0.39, 0.29) is 6.09 Å². The number of amides is 1. The van der Waals surface area contributed by atoms with E-state index in [1.807, 2.05) is 25.1 Å². The molecule has 1 amide bonds. The van der Waals surface area contributed by atoms with Gasteiger partial charge in [0, 0.05) is 6.54 Å². The first-order chi connectivity index (χ1) is 7.26. The van der Waals surface area contributed by atoms with Crippen molar-refractivity contribution in [3.05, 3.63) is 29.8 Å². The molecule has 0 atom stereocenters. The molecule has 1 aromatic carbocycles. The van der Waals surface area contributed by atoms with Gasteiger partial charge in [-0.25, -0.2) is 4.79 Å². The maximum absolute atomic E-state index is 11.2. The van der Waals surface area contributed by atoms with Crippen molar-refractivity contribution in [2.75, 3.05) is 6.54 Å². The zero-order valence-corrected chi connectivity index (χ0v) is 9.25. The molecule has 0 aliphatic rings. The summed E-state index contributed by atoms with van der Waals surface area (Å²) < 4.78 is 5.11. The van der Waals surface area contributed by atoms with Gasteiger partial charge >= 0.3 is 6.09 Å². The normalized spacial score (nSPS) is 9.73. The Morgan fingerprint density at radius 3 is 2.87 bits per heavy atom.